The van der Waals surface area contributed by atoms with Crippen LogP contribution in [0.4, 0.5) is 0 Å². The lowest BCUT2D eigenvalue weighted by molar-refractivity contribution is -0.160. The first kappa shape index (κ1) is 26.7. The van der Waals surface area contributed by atoms with Crippen molar-refractivity contribution in [1.82, 2.24) is 4.98 Å². The molecule has 0 amide bonds. The van der Waals surface area contributed by atoms with Crippen LogP contribution in [0.15, 0.2) is 41.6 Å². The average molecular weight is 498 g/mol. The van der Waals surface area contributed by atoms with Crippen molar-refractivity contribution in [3.8, 4) is 0 Å². The highest BCUT2D eigenvalue weighted by molar-refractivity contribution is 5.89. The lowest BCUT2D eigenvalue weighted by atomic mass is 9.59. The van der Waals surface area contributed by atoms with Gasteiger partial charge in [0, 0.05) is 18.5 Å². The van der Waals surface area contributed by atoms with Gasteiger partial charge < -0.3 is 19.7 Å². The molecule has 1 aliphatic carbocycles. The van der Waals surface area contributed by atoms with Gasteiger partial charge in [-0.1, -0.05) is 25.5 Å². The number of rotatable bonds is 2. The molecule has 3 heterocycles. The van der Waals surface area contributed by atoms with Gasteiger partial charge in [-0.3, -0.25) is 14.6 Å². The number of aliphatic hydroxyl groups excluding tert-OH is 2. The number of carbonyl (C=O) groups excluding carboxylic acids is 2. The maximum absolute atomic E-state index is 13.5. The van der Waals surface area contributed by atoms with Crippen molar-refractivity contribution >= 4 is 17.8 Å². The second kappa shape index (κ2) is 10.6. The molecule has 1 spiro atoms. The zero-order valence-electron chi connectivity index (χ0n) is 21.8. The summed E-state index contributed by atoms with van der Waals surface area (Å²) in [6, 6.07) is 5.63. The van der Waals surface area contributed by atoms with Gasteiger partial charge in [-0.05, 0) is 75.8 Å². The fourth-order valence-electron chi connectivity index (χ4n) is 5.68. The largest absolute Gasteiger partial charge is 0.458 e. The fourth-order valence-corrected chi connectivity index (χ4v) is 5.68. The number of hydrogen-bond acceptors (Lipinski definition) is 7. The minimum absolute atomic E-state index is 0.0719. The number of esters is 1. The number of aliphatic hydroxyl groups is 2. The summed E-state index contributed by atoms with van der Waals surface area (Å²) in [6.45, 7) is 7.51. The molecule has 0 aromatic carbocycles. The standard InChI is InChI=1S/C29H39NO6/c1-18-9-7-11-28(4)24(36-28)16-22(19(2)15-21-10-5-6-14-30-21)35-25(32)17-23(31)29(12-8-13-29)27(34)20(3)26(18)33/h5-6,9-10,14-15,20,22-24,26,31,33H,7-8,11-13,16-17H2,1-4H3/b18-9+,19-15?/t20-,22+,23+,24+,26+,28-/m1/s1. The third kappa shape index (κ3) is 5.48. The molecule has 2 N–H and O–H groups in total. The van der Waals surface area contributed by atoms with E-state index < -0.39 is 35.6 Å². The van der Waals surface area contributed by atoms with Gasteiger partial charge in [0.2, 0.25) is 0 Å². The molecule has 196 valence electrons. The van der Waals surface area contributed by atoms with Crippen LogP contribution in [-0.4, -0.2) is 57.0 Å². The zero-order valence-corrected chi connectivity index (χ0v) is 21.8. The van der Waals surface area contributed by atoms with Crippen LogP contribution in [0.2, 0.25) is 0 Å². The van der Waals surface area contributed by atoms with Gasteiger partial charge >= 0.3 is 5.97 Å². The van der Waals surface area contributed by atoms with Gasteiger partial charge in [-0.25, -0.2) is 0 Å². The smallest absolute Gasteiger partial charge is 0.309 e. The number of aromatic nitrogens is 1. The van der Waals surface area contributed by atoms with E-state index in [4.69, 9.17) is 9.47 Å². The van der Waals surface area contributed by atoms with Crippen LogP contribution in [0.3, 0.4) is 0 Å². The third-order valence-corrected chi connectivity index (χ3v) is 8.50. The number of Topliss-reactive ketones (excluding diaryl/α,β-unsaturated/α-hetero) is 1. The number of ketones is 1. The average Bonchev–Trinajstić information content (AvgIpc) is 3.45. The normalized spacial score (nSPS) is 37.3. The molecule has 0 radical (unpaired) electrons. The molecule has 0 unspecified atom stereocenters. The second-order valence-corrected chi connectivity index (χ2v) is 11.1. The first-order chi connectivity index (χ1) is 17.1. The highest BCUT2D eigenvalue weighted by atomic mass is 16.6. The molecule has 4 rings (SSSR count). The van der Waals surface area contributed by atoms with Crippen LogP contribution < -0.4 is 0 Å². The van der Waals surface area contributed by atoms with Crippen molar-refractivity contribution in [2.45, 2.75) is 103 Å². The van der Waals surface area contributed by atoms with E-state index >= 15 is 0 Å². The van der Waals surface area contributed by atoms with E-state index in [0.29, 0.717) is 25.7 Å². The van der Waals surface area contributed by atoms with Gasteiger partial charge in [-0.2, -0.15) is 0 Å². The Bertz CT molecular complexity index is 1030. The number of carbonyl (C=O) groups is 2. The lowest BCUT2D eigenvalue weighted by Crippen LogP contribution is -2.52. The van der Waals surface area contributed by atoms with Crippen molar-refractivity contribution in [1.29, 1.82) is 0 Å². The molecule has 2 fully saturated rings. The summed E-state index contributed by atoms with van der Waals surface area (Å²) < 4.78 is 12.0. The number of nitrogens with zero attached hydrogens (tertiary/aromatic N) is 1. The van der Waals surface area contributed by atoms with E-state index in [1.165, 1.54) is 0 Å². The summed E-state index contributed by atoms with van der Waals surface area (Å²) in [5.74, 6) is -1.39. The predicted molar refractivity (Wildman–Crippen MR) is 136 cm³/mol. The Morgan fingerprint density at radius 3 is 2.58 bits per heavy atom. The number of epoxide rings is 1. The zero-order chi connectivity index (χ0) is 26.1. The molecule has 1 aromatic rings. The molecule has 7 nitrogen and oxygen atoms in total. The molecule has 7 heteroatoms. The number of fused-ring (bicyclic) bond motifs is 1. The van der Waals surface area contributed by atoms with Crippen LogP contribution in [-0.2, 0) is 19.1 Å². The Kier molecular flexibility index (Phi) is 7.83. The van der Waals surface area contributed by atoms with Crippen LogP contribution in [0.5, 0.6) is 0 Å². The van der Waals surface area contributed by atoms with E-state index in [1.54, 1.807) is 13.1 Å². The van der Waals surface area contributed by atoms with Crippen molar-refractivity contribution in [3.63, 3.8) is 0 Å². The van der Waals surface area contributed by atoms with Crippen molar-refractivity contribution in [3.05, 3.63) is 47.3 Å². The maximum Gasteiger partial charge on any atom is 0.309 e. The summed E-state index contributed by atoms with van der Waals surface area (Å²) in [4.78, 5) is 30.9. The molecule has 1 saturated carbocycles. The summed E-state index contributed by atoms with van der Waals surface area (Å²) in [5, 5.41) is 22.0. The van der Waals surface area contributed by atoms with Crippen LogP contribution in [0.1, 0.15) is 78.3 Å². The molecule has 6 atom stereocenters. The Balaban J connectivity index is 1.61. The minimum atomic E-state index is -1.15. The fraction of sp³-hybridized carbons (Fsp3) is 0.621. The number of cyclic esters (lactones) is 1. The number of pyridine rings is 1. The summed E-state index contributed by atoms with van der Waals surface area (Å²) in [7, 11) is 0. The Morgan fingerprint density at radius 1 is 1.19 bits per heavy atom. The highest BCUT2D eigenvalue weighted by Crippen LogP contribution is 2.49. The van der Waals surface area contributed by atoms with Gasteiger partial charge in [0.05, 0.1) is 41.4 Å². The first-order valence-corrected chi connectivity index (χ1v) is 13.1. The molecule has 2 aliphatic heterocycles. The number of ether oxygens (including phenoxy) is 2. The van der Waals surface area contributed by atoms with Gasteiger partial charge in [0.1, 0.15) is 11.9 Å². The second-order valence-electron chi connectivity index (χ2n) is 11.1. The van der Waals surface area contributed by atoms with Gasteiger partial charge in [0.25, 0.3) is 0 Å². The number of hydrogen-bond donors (Lipinski definition) is 2. The quantitative estimate of drug-likeness (QED) is 0.358. The maximum atomic E-state index is 13.5. The Morgan fingerprint density at radius 2 is 1.94 bits per heavy atom. The number of allylic oxidation sites excluding steroid dienone is 1. The lowest BCUT2D eigenvalue weighted by Gasteiger charge is -2.45. The Hall–Kier alpha value is -2.35. The Labute approximate surface area is 213 Å². The first-order valence-electron chi connectivity index (χ1n) is 13.1. The SMILES string of the molecule is CC(=Cc1ccccn1)[C@@H]1C[C@@H]2O[C@]2(C)CC/C=C(\C)[C@H](O)[C@@H](C)C(=O)C2(CCC2)[C@@H](O)CC(=O)O1. The van der Waals surface area contributed by atoms with Crippen molar-refractivity contribution in [2.75, 3.05) is 0 Å². The summed E-state index contributed by atoms with van der Waals surface area (Å²) in [6.07, 6.45) is 6.45. The molecular formula is C29H39NO6. The third-order valence-electron chi connectivity index (χ3n) is 8.50. The molecule has 1 aromatic heterocycles. The van der Waals surface area contributed by atoms with E-state index in [-0.39, 0.29) is 23.9 Å². The van der Waals surface area contributed by atoms with Crippen LogP contribution in [0.25, 0.3) is 6.08 Å². The molecule has 0 bridgehead atoms. The van der Waals surface area contributed by atoms with Gasteiger partial charge in [0.15, 0.2) is 0 Å². The van der Waals surface area contributed by atoms with E-state index in [0.717, 1.165) is 29.7 Å². The molecule has 1 saturated heterocycles. The summed E-state index contributed by atoms with van der Waals surface area (Å²) >= 11 is 0. The molecule has 36 heavy (non-hydrogen) atoms. The van der Waals surface area contributed by atoms with Crippen molar-refractivity contribution in [2.24, 2.45) is 11.3 Å². The molecule has 3 aliphatic rings. The van der Waals surface area contributed by atoms with E-state index in [2.05, 4.69) is 4.98 Å². The molecular weight excluding hydrogens is 458 g/mol. The van der Waals surface area contributed by atoms with Crippen LogP contribution in [0, 0.1) is 11.3 Å². The van der Waals surface area contributed by atoms with Crippen LogP contribution >= 0.6 is 0 Å². The minimum Gasteiger partial charge on any atom is -0.458 e. The predicted octanol–water partition coefficient (Wildman–Crippen LogP) is 4.17. The van der Waals surface area contributed by atoms with Crippen molar-refractivity contribution < 1.29 is 29.3 Å². The monoisotopic (exact) mass is 497 g/mol. The highest BCUT2D eigenvalue weighted by Gasteiger charge is 2.54. The van der Waals surface area contributed by atoms with E-state index in [1.807, 2.05) is 51.1 Å². The topological polar surface area (TPSA) is 109 Å². The van der Waals surface area contributed by atoms with E-state index in [9.17, 15) is 19.8 Å². The summed E-state index contributed by atoms with van der Waals surface area (Å²) in [5.41, 5.74) is 1.01. The van der Waals surface area contributed by atoms with Gasteiger partial charge in [-0.15, -0.1) is 0 Å².